The number of aryl methyl sites for hydroxylation is 1. The van der Waals surface area contributed by atoms with Crippen molar-refractivity contribution in [3.63, 3.8) is 0 Å². The van der Waals surface area contributed by atoms with Crippen molar-refractivity contribution in [3.05, 3.63) is 57.6 Å². The minimum Gasteiger partial charge on any atom is -0.434 e. The third-order valence-corrected chi connectivity index (χ3v) is 4.59. The highest BCUT2D eigenvalue weighted by Crippen LogP contribution is 2.25. The largest absolute Gasteiger partial charge is 0.434 e. The highest BCUT2D eigenvalue weighted by molar-refractivity contribution is 9.10. The Morgan fingerprint density at radius 1 is 1.29 bits per heavy atom. The molecule has 7 heteroatoms. The van der Waals surface area contributed by atoms with Gasteiger partial charge < -0.3 is 10.1 Å². The summed E-state index contributed by atoms with van der Waals surface area (Å²) >= 11 is 4.83. The van der Waals surface area contributed by atoms with Crippen LogP contribution in [0.2, 0.25) is 0 Å². The van der Waals surface area contributed by atoms with E-state index in [9.17, 15) is 13.6 Å². The van der Waals surface area contributed by atoms with Crippen LogP contribution in [0.25, 0.3) is 0 Å². The number of hydrogen-bond acceptors (Lipinski definition) is 3. The van der Waals surface area contributed by atoms with Gasteiger partial charge in [0, 0.05) is 27.0 Å². The van der Waals surface area contributed by atoms with Crippen LogP contribution < -0.4 is 10.1 Å². The van der Waals surface area contributed by atoms with E-state index in [1.807, 2.05) is 31.4 Å². The summed E-state index contributed by atoms with van der Waals surface area (Å²) in [6.45, 7) is -0.978. The molecule has 0 saturated heterocycles. The van der Waals surface area contributed by atoms with E-state index in [1.54, 1.807) is 23.9 Å². The van der Waals surface area contributed by atoms with Crippen molar-refractivity contribution in [2.24, 2.45) is 0 Å². The molecule has 0 aromatic heterocycles. The molecular formula is C17H16BrF2NO2S. The van der Waals surface area contributed by atoms with E-state index in [2.05, 4.69) is 26.0 Å². The van der Waals surface area contributed by atoms with Crippen molar-refractivity contribution in [2.45, 2.75) is 25.0 Å². The molecule has 0 fully saturated rings. The molecular weight excluding hydrogens is 400 g/mol. The highest BCUT2D eigenvalue weighted by atomic mass is 79.9. The van der Waals surface area contributed by atoms with Crippen molar-refractivity contribution < 1.29 is 18.3 Å². The lowest BCUT2D eigenvalue weighted by atomic mass is 10.1. The predicted octanol–water partition coefficient (Wildman–Crippen LogP) is 5.01. The van der Waals surface area contributed by atoms with Gasteiger partial charge in [-0.05, 0) is 49.1 Å². The molecule has 1 amide bonds. The Morgan fingerprint density at radius 2 is 2.04 bits per heavy atom. The standard InChI is InChI=1S/C17H16BrF2NO2S/c1-10-3-5-13(24-2)8-14(10)16(22)21-9-11-7-12(18)4-6-15(11)23-17(19)20/h3-8,17H,9H2,1-2H3,(H,21,22). The smallest absolute Gasteiger partial charge is 0.387 e. The van der Waals surface area contributed by atoms with E-state index < -0.39 is 6.61 Å². The molecule has 0 bridgehead atoms. The summed E-state index contributed by atoms with van der Waals surface area (Å²) < 4.78 is 30.2. The minimum absolute atomic E-state index is 0.0445. The molecule has 2 aromatic rings. The zero-order valence-corrected chi connectivity index (χ0v) is 15.5. The van der Waals surface area contributed by atoms with Gasteiger partial charge in [0.05, 0.1) is 0 Å². The van der Waals surface area contributed by atoms with Crippen LogP contribution in [-0.2, 0) is 6.54 Å². The third-order valence-electron chi connectivity index (χ3n) is 3.37. The van der Waals surface area contributed by atoms with E-state index in [0.29, 0.717) is 15.6 Å². The quantitative estimate of drug-likeness (QED) is 0.673. The zero-order valence-electron chi connectivity index (χ0n) is 13.1. The fourth-order valence-corrected chi connectivity index (χ4v) is 2.99. The van der Waals surface area contributed by atoms with Crippen LogP contribution in [0, 0.1) is 6.92 Å². The molecule has 1 N–H and O–H groups in total. The second-order valence-corrected chi connectivity index (χ2v) is 6.79. The number of hydrogen-bond donors (Lipinski definition) is 1. The molecule has 128 valence electrons. The number of rotatable bonds is 6. The molecule has 0 atom stereocenters. The fraction of sp³-hybridized carbons (Fsp3) is 0.235. The normalized spacial score (nSPS) is 10.8. The van der Waals surface area contributed by atoms with Gasteiger partial charge in [0.25, 0.3) is 5.91 Å². The summed E-state index contributed by atoms with van der Waals surface area (Å²) in [6.07, 6.45) is 1.93. The molecule has 0 saturated carbocycles. The van der Waals surface area contributed by atoms with Crippen LogP contribution in [0.1, 0.15) is 21.5 Å². The van der Waals surface area contributed by atoms with E-state index in [-0.39, 0.29) is 18.2 Å². The summed E-state index contributed by atoms with van der Waals surface area (Å²) in [4.78, 5) is 13.4. The van der Waals surface area contributed by atoms with Gasteiger partial charge in [0.1, 0.15) is 5.75 Å². The van der Waals surface area contributed by atoms with Crippen molar-refractivity contribution in [2.75, 3.05) is 6.26 Å². The molecule has 0 aliphatic heterocycles. The average Bonchev–Trinajstić information content (AvgIpc) is 2.54. The second kappa shape index (κ2) is 8.48. The highest BCUT2D eigenvalue weighted by Gasteiger charge is 2.13. The van der Waals surface area contributed by atoms with Crippen LogP contribution in [-0.4, -0.2) is 18.8 Å². The Labute approximate surface area is 151 Å². The second-order valence-electron chi connectivity index (χ2n) is 4.99. The monoisotopic (exact) mass is 415 g/mol. The fourth-order valence-electron chi connectivity index (χ4n) is 2.14. The first kappa shape index (κ1) is 18.7. The Balaban J connectivity index is 2.16. The van der Waals surface area contributed by atoms with E-state index in [0.717, 1.165) is 10.5 Å². The number of amides is 1. The first-order valence-electron chi connectivity index (χ1n) is 7.06. The van der Waals surface area contributed by atoms with Gasteiger partial charge in [-0.25, -0.2) is 0 Å². The van der Waals surface area contributed by atoms with Crippen LogP contribution in [0.3, 0.4) is 0 Å². The maximum atomic E-state index is 12.5. The number of ether oxygens (including phenoxy) is 1. The number of halogens is 3. The van der Waals surface area contributed by atoms with Gasteiger partial charge in [0.2, 0.25) is 0 Å². The molecule has 3 nitrogen and oxygen atoms in total. The lowest BCUT2D eigenvalue weighted by molar-refractivity contribution is -0.0504. The first-order valence-corrected chi connectivity index (χ1v) is 9.08. The number of carbonyl (C=O) groups excluding carboxylic acids is 1. The van der Waals surface area contributed by atoms with Crippen molar-refractivity contribution in [3.8, 4) is 5.75 Å². The number of nitrogens with one attached hydrogen (secondary N) is 1. The van der Waals surface area contributed by atoms with Crippen LogP contribution in [0.15, 0.2) is 45.8 Å². The molecule has 2 rings (SSSR count). The number of alkyl halides is 2. The molecule has 0 spiro atoms. The molecule has 2 aromatic carbocycles. The Bertz CT molecular complexity index is 741. The summed E-state index contributed by atoms with van der Waals surface area (Å²) in [6, 6.07) is 10.3. The van der Waals surface area contributed by atoms with E-state index in [1.165, 1.54) is 6.07 Å². The van der Waals surface area contributed by atoms with Crippen LogP contribution in [0.4, 0.5) is 8.78 Å². The lowest BCUT2D eigenvalue weighted by Crippen LogP contribution is -2.24. The Kier molecular flexibility index (Phi) is 6.62. The van der Waals surface area contributed by atoms with Crippen molar-refractivity contribution in [1.82, 2.24) is 5.32 Å². The lowest BCUT2D eigenvalue weighted by Gasteiger charge is -2.13. The van der Waals surface area contributed by atoms with Gasteiger partial charge >= 0.3 is 6.61 Å². The molecule has 0 aliphatic rings. The topological polar surface area (TPSA) is 38.3 Å². The van der Waals surface area contributed by atoms with E-state index >= 15 is 0 Å². The molecule has 0 unspecified atom stereocenters. The van der Waals surface area contributed by atoms with Gasteiger partial charge in [0.15, 0.2) is 0 Å². The van der Waals surface area contributed by atoms with Crippen molar-refractivity contribution in [1.29, 1.82) is 0 Å². The van der Waals surface area contributed by atoms with Crippen LogP contribution >= 0.6 is 27.7 Å². The van der Waals surface area contributed by atoms with Gasteiger partial charge in [-0.15, -0.1) is 11.8 Å². The molecule has 24 heavy (non-hydrogen) atoms. The third kappa shape index (κ3) is 4.95. The number of carbonyl (C=O) groups is 1. The summed E-state index contributed by atoms with van der Waals surface area (Å²) in [5, 5.41) is 2.75. The summed E-state index contributed by atoms with van der Waals surface area (Å²) in [5.74, 6) is -0.213. The summed E-state index contributed by atoms with van der Waals surface area (Å²) in [5.41, 5.74) is 1.88. The Morgan fingerprint density at radius 3 is 2.71 bits per heavy atom. The van der Waals surface area contributed by atoms with Gasteiger partial charge in [-0.1, -0.05) is 22.0 Å². The summed E-state index contributed by atoms with van der Waals surface area (Å²) in [7, 11) is 0. The average molecular weight is 416 g/mol. The molecule has 0 radical (unpaired) electrons. The minimum atomic E-state index is -2.92. The maximum absolute atomic E-state index is 12.5. The van der Waals surface area contributed by atoms with E-state index in [4.69, 9.17) is 0 Å². The Hall–Kier alpha value is -1.60. The van der Waals surface area contributed by atoms with Gasteiger partial charge in [-0.3, -0.25) is 4.79 Å². The van der Waals surface area contributed by atoms with Crippen LogP contribution in [0.5, 0.6) is 5.75 Å². The van der Waals surface area contributed by atoms with Crippen molar-refractivity contribution >= 4 is 33.6 Å². The maximum Gasteiger partial charge on any atom is 0.387 e. The first-order chi connectivity index (χ1) is 11.4. The predicted molar refractivity (Wildman–Crippen MR) is 94.9 cm³/mol. The molecule has 0 aliphatic carbocycles. The SMILES string of the molecule is CSc1ccc(C)c(C(=O)NCc2cc(Br)ccc2OC(F)F)c1. The zero-order chi connectivity index (χ0) is 17.7. The van der Waals surface area contributed by atoms with Gasteiger partial charge in [-0.2, -0.15) is 8.78 Å². The molecule has 0 heterocycles. The number of benzene rings is 2. The number of thioether (sulfide) groups is 1.